The number of carboxylic acid groups (broad SMARTS) is 1. The average Bonchev–Trinajstić information content (AvgIpc) is 3.07. The summed E-state index contributed by atoms with van der Waals surface area (Å²) in [5.41, 5.74) is 1.59. The lowest BCUT2D eigenvalue weighted by Gasteiger charge is -2.07. The van der Waals surface area contributed by atoms with Crippen molar-refractivity contribution in [2.75, 3.05) is 18.4 Å². The maximum atomic E-state index is 12.4. The van der Waals surface area contributed by atoms with Crippen LogP contribution in [-0.4, -0.2) is 43.0 Å². The van der Waals surface area contributed by atoms with Gasteiger partial charge in [0.25, 0.3) is 10.0 Å². The van der Waals surface area contributed by atoms with Crippen molar-refractivity contribution in [1.29, 1.82) is 0 Å². The normalized spacial score (nSPS) is 11.6. The number of carbonyl (C=O) groups is 1. The molecule has 0 aliphatic carbocycles. The molecular weight excluding hydrogens is 342 g/mol. The van der Waals surface area contributed by atoms with Crippen molar-refractivity contribution in [3.05, 3.63) is 27.7 Å². The zero-order chi connectivity index (χ0) is 17.2. The molecule has 0 unspecified atom stereocenters. The Labute approximate surface area is 137 Å². The first kappa shape index (κ1) is 17.4. The lowest BCUT2D eigenvalue weighted by Crippen LogP contribution is -2.14. The summed E-state index contributed by atoms with van der Waals surface area (Å²) < 4.78 is 33.9. The summed E-state index contributed by atoms with van der Waals surface area (Å²) in [6.45, 7) is 4.42. The molecule has 0 aromatic carbocycles. The molecule has 2 rings (SSSR count). The third-order valence-electron chi connectivity index (χ3n) is 3.22. The van der Waals surface area contributed by atoms with E-state index in [0.717, 1.165) is 17.4 Å². The van der Waals surface area contributed by atoms with E-state index in [1.54, 1.807) is 25.6 Å². The van der Waals surface area contributed by atoms with Crippen molar-refractivity contribution in [3.8, 4) is 0 Å². The van der Waals surface area contributed by atoms with Crippen molar-refractivity contribution in [2.24, 2.45) is 0 Å². The van der Waals surface area contributed by atoms with E-state index < -0.39 is 16.0 Å². The molecule has 2 aromatic heterocycles. The number of anilines is 1. The molecule has 2 heterocycles. The number of hydrogen-bond acceptors (Lipinski definition) is 6. The number of aromatic carboxylic acids is 1. The Morgan fingerprint density at radius 2 is 2.17 bits per heavy atom. The van der Waals surface area contributed by atoms with E-state index >= 15 is 0 Å². The van der Waals surface area contributed by atoms with E-state index in [0.29, 0.717) is 30.2 Å². The minimum Gasteiger partial charge on any atom is -0.477 e. The minimum atomic E-state index is -3.87. The van der Waals surface area contributed by atoms with Crippen LogP contribution in [0.2, 0.25) is 0 Å². The number of ether oxygens (including phenoxy) is 1. The molecule has 2 N–H and O–H groups in total. The highest BCUT2D eigenvalue weighted by Gasteiger charge is 2.22. The van der Waals surface area contributed by atoms with Crippen molar-refractivity contribution in [1.82, 2.24) is 9.78 Å². The highest BCUT2D eigenvalue weighted by atomic mass is 32.2. The van der Waals surface area contributed by atoms with Gasteiger partial charge in [0.05, 0.1) is 35.1 Å². The molecule has 0 fully saturated rings. The summed E-state index contributed by atoms with van der Waals surface area (Å²) in [6.07, 6.45) is 0. The number of thiophene rings is 1. The van der Waals surface area contributed by atoms with Crippen LogP contribution in [0, 0.1) is 13.8 Å². The summed E-state index contributed by atoms with van der Waals surface area (Å²) in [5.74, 6) is -1.16. The Morgan fingerprint density at radius 1 is 1.48 bits per heavy atom. The molecule has 0 atom stereocenters. The second-order valence-electron chi connectivity index (χ2n) is 4.82. The van der Waals surface area contributed by atoms with E-state index in [4.69, 9.17) is 9.84 Å². The topological polar surface area (TPSA) is 111 Å². The minimum absolute atomic E-state index is 0.0328. The fraction of sp³-hybridized carbons (Fsp3) is 0.385. The number of aryl methyl sites for hydroxylation is 1. The van der Waals surface area contributed by atoms with Gasteiger partial charge in [-0.1, -0.05) is 0 Å². The van der Waals surface area contributed by atoms with Crippen LogP contribution in [0.25, 0.3) is 0 Å². The maximum Gasteiger partial charge on any atom is 0.345 e. The number of rotatable bonds is 7. The van der Waals surface area contributed by atoms with Crippen molar-refractivity contribution >= 4 is 33.0 Å². The Hall–Kier alpha value is -1.91. The second-order valence-corrected chi connectivity index (χ2v) is 7.41. The molecule has 0 saturated heterocycles. The largest absolute Gasteiger partial charge is 0.477 e. The van der Waals surface area contributed by atoms with Crippen LogP contribution < -0.4 is 4.72 Å². The van der Waals surface area contributed by atoms with Crippen LogP contribution in [0.4, 0.5) is 5.69 Å². The summed E-state index contributed by atoms with van der Waals surface area (Å²) in [4.78, 5) is 10.8. The predicted molar refractivity (Wildman–Crippen MR) is 85.7 cm³/mol. The summed E-state index contributed by atoms with van der Waals surface area (Å²) >= 11 is 0.864. The van der Waals surface area contributed by atoms with E-state index in [1.165, 1.54) is 5.38 Å². The Balaban J connectivity index is 2.29. The lowest BCUT2D eigenvalue weighted by molar-refractivity contribution is 0.0702. The first-order valence-corrected chi connectivity index (χ1v) is 9.00. The summed E-state index contributed by atoms with van der Waals surface area (Å²) in [5, 5.41) is 14.5. The van der Waals surface area contributed by atoms with Gasteiger partial charge in [-0.2, -0.15) is 5.10 Å². The fourth-order valence-electron chi connectivity index (χ4n) is 2.01. The van der Waals surface area contributed by atoms with Crippen molar-refractivity contribution in [3.63, 3.8) is 0 Å². The van der Waals surface area contributed by atoms with E-state index in [-0.39, 0.29) is 9.77 Å². The fourth-order valence-corrected chi connectivity index (χ4v) is 4.29. The first-order chi connectivity index (χ1) is 10.8. The Morgan fingerprint density at radius 3 is 2.74 bits per heavy atom. The van der Waals surface area contributed by atoms with Gasteiger partial charge in [-0.15, -0.1) is 11.3 Å². The van der Waals surface area contributed by atoms with Crippen molar-refractivity contribution in [2.45, 2.75) is 25.3 Å². The molecule has 23 heavy (non-hydrogen) atoms. The predicted octanol–water partition coefficient (Wildman–Crippen LogP) is 1.71. The number of nitrogens with zero attached hydrogens (tertiary/aromatic N) is 2. The quantitative estimate of drug-likeness (QED) is 0.778. The zero-order valence-corrected chi connectivity index (χ0v) is 14.5. The summed E-state index contributed by atoms with van der Waals surface area (Å²) in [6, 6.07) is 1.13. The Bertz CT molecular complexity index is 823. The zero-order valence-electron chi connectivity index (χ0n) is 12.9. The molecule has 0 aliphatic heterocycles. The van der Waals surface area contributed by atoms with Crippen LogP contribution in [0.15, 0.2) is 16.3 Å². The van der Waals surface area contributed by atoms with Crippen LogP contribution in [0.1, 0.15) is 21.1 Å². The monoisotopic (exact) mass is 359 g/mol. The highest BCUT2D eigenvalue weighted by Crippen LogP contribution is 2.25. The number of hydrogen-bond donors (Lipinski definition) is 2. The van der Waals surface area contributed by atoms with Gasteiger partial charge in [-0.05, 0) is 19.9 Å². The Kier molecular flexibility index (Phi) is 5.07. The molecule has 0 aliphatic rings. The molecule has 0 amide bonds. The van der Waals surface area contributed by atoms with Gasteiger partial charge in [0.2, 0.25) is 0 Å². The third-order valence-corrected chi connectivity index (χ3v) is 5.62. The molecule has 2 aromatic rings. The number of nitrogens with one attached hydrogen (secondary N) is 1. The molecule has 0 spiro atoms. The van der Waals surface area contributed by atoms with Gasteiger partial charge in [0, 0.05) is 12.5 Å². The number of methoxy groups -OCH3 is 1. The van der Waals surface area contributed by atoms with Crippen LogP contribution in [0.5, 0.6) is 0 Å². The van der Waals surface area contributed by atoms with Gasteiger partial charge < -0.3 is 9.84 Å². The van der Waals surface area contributed by atoms with E-state index in [2.05, 4.69) is 9.82 Å². The van der Waals surface area contributed by atoms with Gasteiger partial charge in [-0.3, -0.25) is 9.40 Å². The maximum absolute atomic E-state index is 12.4. The lowest BCUT2D eigenvalue weighted by atomic mass is 10.3. The molecule has 0 saturated carbocycles. The van der Waals surface area contributed by atoms with E-state index in [9.17, 15) is 13.2 Å². The van der Waals surface area contributed by atoms with Gasteiger partial charge >= 0.3 is 5.97 Å². The molecule has 10 heteroatoms. The van der Waals surface area contributed by atoms with E-state index in [1.807, 2.05) is 0 Å². The number of aromatic nitrogens is 2. The smallest absolute Gasteiger partial charge is 0.345 e. The molecule has 8 nitrogen and oxygen atoms in total. The number of sulfonamides is 1. The molecule has 126 valence electrons. The van der Waals surface area contributed by atoms with Gasteiger partial charge in [-0.25, -0.2) is 13.2 Å². The van der Waals surface area contributed by atoms with Gasteiger partial charge in [0.15, 0.2) is 0 Å². The highest BCUT2D eigenvalue weighted by molar-refractivity contribution is 7.92. The first-order valence-electron chi connectivity index (χ1n) is 6.64. The molecule has 0 radical (unpaired) electrons. The standard InChI is InChI=1S/C13H17N3O5S2/c1-8-12(9(2)16(14-8)4-5-21-3)15-23(19,20)10-6-11(13(17)18)22-7-10/h6-7,15H,4-5H2,1-3H3,(H,17,18). The average molecular weight is 359 g/mol. The van der Waals surface area contributed by atoms with Gasteiger partial charge in [0.1, 0.15) is 4.88 Å². The second kappa shape index (κ2) is 6.69. The summed E-state index contributed by atoms with van der Waals surface area (Å²) in [7, 11) is -2.29. The van der Waals surface area contributed by atoms with Crippen LogP contribution in [0.3, 0.4) is 0 Å². The number of carboxylic acids is 1. The molecule has 0 bridgehead atoms. The third kappa shape index (κ3) is 3.71. The van der Waals surface area contributed by atoms with Crippen LogP contribution in [-0.2, 0) is 21.3 Å². The SMILES string of the molecule is COCCn1nc(C)c(NS(=O)(=O)c2csc(C(=O)O)c2)c1C. The van der Waals surface area contributed by atoms with Crippen LogP contribution >= 0.6 is 11.3 Å². The van der Waals surface area contributed by atoms with Crippen molar-refractivity contribution < 1.29 is 23.1 Å². The molecular formula is C13H17N3O5S2.